The van der Waals surface area contributed by atoms with Gasteiger partial charge in [0.25, 0.3) is 0 Å². The van der Waals surface area contributed by atoms with Gasteiger partial charge in [-0.3, -0.25) is 0 Å². The summed E-state index contributed by atoms with van der Waals surface area (Å²) >= 11 is 1.69. The van der Waals surface area contributed by atoms with E-state index in [1.807, 2.05) is 21.0 Å². The molecule has 3 nitrogen and oxygen atoms in total. The van der Waals surface area contributed by atoms with E-state index in [1.165, 1.54) is 5.69 Å². The zero-order valence-electron chi connectivity index (χ0n) is 10.4. The average molecular weight is 247 g/mol. The Morgan fingerprint density at radius 2 is 2.18 bits per heavy atom. The van der Waals surface area contributed by atoms with Crippen molar-refractivity contribution in [2.75, 3.05) is 24.3 Å². The molecular weight excluding hydrogens is 230 g/mol. The van der Waals surface area contributed by atoms with Gasteiger partial charge in [0.2, 0.25) is 0 Å². The Morgan fingerprint density at radius 1 is 1.35 bits per heavy atom. The van der Waals surface area contributed by atoms with Gasteiger partial charge in [-0.1, -0.05) is 6.07 Å². The summed E-state index contributed by atoms with van der Waals surface area (Å²) in [6.07, 6.45) is 0. The highest BCUT2D eigenvalue weighted by Crippen LogP contribution is 2.18. The first-order chi connectivity index (χ1) is 8.15. The van der Waals surface area contributed by atoms with Gasteiger partial charge >= 0.3 is 0 Å². The van der Waals surface area contributed by atoms with Crippen molar-refractivity contribution in [3.05, 3.63) is 40.3 Å². The fraction of sp³-hybridized carbons (Fsp3) is 0.308. The number of rotatable bonds is 4. The Morgan fingerprint density at radius 3 is 2.82 bits per heavy atom. The van der Waals surface area contributed by atoms with Crippen molar-refractivity contribution in [3.8, 4) is 0 Å². The van der Waals surface area contributed by atoms with Crippen LogP contribution in [0.4, 0.5) is 11.4 Å². The summed E-state index contributed by atoms with van der Waals surface area (Å²) in [5.74, 6) is 0. The molecule has 2 aromatic rings. The monoisotopic (exact) mass is 247 g/mol. The molecule has 0 aliphatic carbocycles. The minimum atomic E-state index is 0.779. The van der Waals surface area contributed by atoms with Crippen LogP contribution in [0.25, 0.3) is 0 Å². The molecule has 0 spiro atoms. The lowest BCUT2D eigenvalue weighted by atomic mass is 10.2. The maximum Gasteiger partial charge on any atom is 0.0898 e. The summed E-state index contributed by atoms with van der Waals surface area (Å²) in [7, 11) is 4.09. The second-order valence-corrected chi connectivity index (χ2v) is 5.22. The van der Waals surface area contributed by atoms with Crippen LogP contribution in [0.2, 0.25) is 0 Å². The second-order valence-electron chi connectivity index (χ2n) is 4.16. The van der Waals surface area contributed by atoms with Crippen molar-refractivity contribution in [3.63, 3.8) is 0 Å². The molecule has 0 radical (unpaired) electrons. The smallest absolute Gasteiger partial charge is 0.0898 e. The zero-order chi connectivity index (χ0) is 12.3. The van der Waals surface area contributed by atoms with Gasteiger partial charge in [0, 0.05) is 30.9 Å². The molecule has 0 saturated heterocycles. The van der Waals surface area contributed by atoms with Crippen LogP contribution in [-0.4, -0.2) is 19.1 Å². The molecule has 0 amide bonds. The largest absolute Gasteiger partial charge is 0.379 e. The van der Waals surface area contributed by atoms with E-state index < -0.39 is 0 Å². The van der Waals surface area contributed by atoms with Crippen molar-refractivity contribution >= 4 is 22.7 Å². The molecule has 90 valence electrons. The fourth-order valence-corrected chi connectivity index (χ4v) is 2.19. The molecule has 2 rings (SSSR count). The minimum Gasteiger partial charge on any atom is -0.379 e. The van der Waals surface area contributed by atoms with E-state index in [2.05, 4.69) is 44.8 Å². The van der Waals surface area contributed by atoms with E-state index in [-0.39, 0.29) is 0 Å². The van der Waals surface area contributed by atoms with E-state index >= 15 is 0 Å². The molecule has 0 atom stereocenters. The fourth-order valence-electron chi connectivity index (χ4n) is 1.58. The standard InChI is InChI=1S/C13H17N3S/c1-10-15-12(9-17-10)8-14-11-5-4-6-13(7-11)16(2)3/h4-7,9,14H,8H2,1-3H3. The summed E-state index contributed by atoms with van der Waals surface area (Å²) < 4.78 is 0. The summed E-state index contributed by atoms with van der Waals surface area (Å²) in [6, 6.07) is 8.37. The van der Waals surface area contributed by atoms with Crippen LogP contribution in [0.5, 0.6) is 0 Å². The summed E-state index contributed by atoms with van der Waals surface area (Å²) in [4.78, 5) is 6.52. The number of thiazole rings is 1. The van der Waals surface area contributed by atoms with Gasteiger partial charge < -0.3 is 10.2 Å². The number of aryl methyl sites for hydroxylation is 1. The third-order valence-corrected chi connectivity index (χ3v) is 3.33. The molecule has 1 aromatic heterocycles. The minimum absolute atomic E-state index is 0.779. The topological polar surface area (TPSA) is 28.2 Å². The Bertz CT molecular complexity index is 491. The molecule has 0 aliphatic heterocycles. The first-order valence-corrected chi connectivity index (χ1v) is 6.45. The number of aromatic nitrogens is 1. The van der Waals surface area contributed by atoms with E-state index in [4.69, 9.17) is 0 Å². The Balaban J connectivity index is 2.01. The summed E-state index contributed by atoms with van der Waals surface area (Å²) in [6.45, 7) is 2.81. The lowest BCUT2D eigenvalue weighted by Gasteiger charge is -2.14. The van der Waals surface area contributed by atoms with Crippen LogP contribution < -0.4 is 10.2 Å². The highest BCUT2D eigenvalue weighted by molar-refractivity contribution is 7.09. The van der Waals surface area contributed by atoms with Crippen molar-refractivity contribution in [2.24, 2.45) is 0 Å². The average Bonchev–Trinajstić information content (AvgIpc) is 2.73. The number of benzene rings is 1. The lowest BCUT2D eigenvalue weighted by molar-refractivity contribution is 1.05. The molecule has 1 aromatic carbocycles. The normalized spacial score (nSPS) is 10.3. The van der Waals surface area contributed by atoms with Gasteiger partial charge in [-0.05, 0) is 25.1 Å². The predicted octanol–water partition coefficient (Wildman–Crippen LogP) is 3.13. The van der Waals surface area contributed by atoms with Gasteiger partial charge in [-0.15, -0.1) is 11.3 Å². The number of nitrogens with zero attached hydrogens (tertiary/aromatic N) is 2. The molecular formula is C13H17N3S. The number of hydrogen-bond acceptors (Lipinski definition) is 4. The molecule has 0 unspecified atom stereocenters. The molecule has 17 heavy (non-hydrogen) atoms. The van der Waals surface area contributed by atoms with Crippen LogP contribution in [0, 0.1) is 6.92 Å². The quantitative estimate of drug-likeness (QED) is 0.899. The molecule has 0 aliphatic rings. The van der Waals surface area contributed by atoms with E-state index in [0.717, 1.165) is 22.9 Å². The van der Waals surface area contributed by atoms with Crippen LogP contribution in [-0.2, 0) is 6.54 Å². The predicted molar refractivity (Wildman–Crippen MR) is 74.9 cm³/mol. The van der Waals surface area contributed by atoms with E-state index in [1.54, 1.807) is 11.3 Å². The second kappa shape index (κ2) is 5.19. The van der Waals surface area contributed by atoms with Crippen LogP contribution in [0.3, 0.4) is 0 Å². The number of hydrogen-bond donors (Lipinski definition) is 1. The van der Waals surface area contributed by atoms with Gasteiger partial charge in [-0.25, -0.2) is 4.98 Å². The Hall–Kier alpha value is -1.55. The number of anilines is 2. The molecule has 0 bridgehead atoms. The van der Waals surface area contributed by atoms with Crippen LogP contribution >= 0.6 is 11.3 Å². The maximum atomic E-state index is 4.43. The molecule has 1 heterocycles. The van der Waals surface area contributed by atoms with Gasteiger partial charge in [-0.2, -0.15) is 0 Å². The lowest BCUT2D eigenvalue weighted by Crippen LogP contribution is -2.09. The van der Waals surface area contributed by atoms with Crippen LogP contribution in [0.1, 0.15) is 10.7 Å². The summed E-state index contributed by atoms with van der Waals surface area (Å²) in [5.41, 5.74) is 3.43. The van der Waals surface area contributed by atoms with E-state index in [9.17, 15) is 0 Å². The molecule has 0 saturated carbocycles. The Labute approximate surface area is 106 Å². The van der Waals surface area contributed by atoms with Crippen molar-refractivity contribution in [2.45, 2.75) is 13.5 Å². The van der Waals surface area contributed by atoms with Crippen molar-refractivity contribution < 1.29 is 0 Å². The third kappa shape index (κ3) is 3.20. The number of nitrogens with one attached hydrogen (secondary N) is 1. The SMILES string of the molecule is Cc1nc(CNc2cccc(N(C)C)c2)cs1. The van der Waals surface area contributed by atoms with Crippen molar-refractivity contribution in [1.82, 2.24) is 4.98 Å². The maximum absolute atomic E-state index is 4.43. The highest BCUT2D eigenvalue weighted by atomic mass is 32.1. The van der Waals surface area contributed by atoms with E-state index in [0.29, 0.717) is 0 Å². The zero-order valence-corrected chi connectivity index (χ0v) is 11.2. The highest BCUT2D eigenvalue weighted by Gasteiger charge is 2.00. The first-order valence-electron chi connectivity index (χ1n) is 5.57. The molecule has 4 heteroatoms. The molecule has 1 N–H and O–H groups in total. The third-order valence-electron chi connectivity index (χ3n) is 2.50. The van der Waals surface area contributed by atoms with Gasteiger partial charge in [0.15, 0.2) is 0 Å². The van der Waals surface area contributed by atoms with Gasteiger partial charge in [0.05, 0.1) is 17.2 Å². The first kappa shape index (κ1) is 11.9. The van der Waals surface area contributed by atoms with Gasteiger partial charge in [0.1, 0.15) is 0 Å². The molecule has 0 fully saturated rings. The Kier molecular flexibility index (Phi) is 3.64. The van der Waals surface area contributed by atoms with Crippen LogP contribution in [0.15, 0.2) is 29.6 Å². The van der Waals surface area contributed by atoms with Crippen molar-refractivity contribution in [1.29, 1.82) is 0 Å². The summed E-state index contributed by atoms with van der Waals surface area (Å²) in [5, 5.41) is 6.60.